The van der Waals surface area contributed by atoms with Crippen LogP contribution in [0.3, 0.4) is 0 Å². The van der Waals surface area contributed by atoms with E-state index in [9.17, 15) is 31.2 Å². The summed E-state index contributed by atoms with van der Waals surface area (Å²) in [6.07, 6.45) is -4.53. The average Bonchev–Trinajstić information content (AvgIpc) is 2.99. The summed E-state index contributed by atoms with van der Waals surface area (Å²) in [4.78, 5) is 26.3. The van der Waals surface area contributed by atoms with Crippen molar-refractivity contribution >= 4 is 21.8 Å². The second-order valence-electron chi connectivity index (χ2n) is 6.89. The molecule has 1 fully saturated rings. The van der Waals surface area contributed by atoms with Crippen LogP contribution in [-0.2, 0) is 25.5 Å². The first-order valence-electron chi connectivity index (χ1n) is 8.71. The summed E-state index contributed by atoms with van der Waals surface area (Å²) in [7, 11) is -2.26. The number of halogens is 3. The van der Waals surface area contributed by atoms with Crippen LogP contribution in [0, 0.1) is 0 Å². The predicted octanol–water partition coefficient (Wildman–Crippen LogP) is 2.41. The minimum Gasteiger partial charge on any atom is -0.466 e. The zero-order chi connectivity index (χ0) is 21.6. The van der Waals surface area contributed by atoms with E-state index in [0.717, 1.165) is 18.1 Å². The number of carbonyl (C=O) groups is 2. The summed E-state index contributed by atoms with van der Waals surface area (Å²) < 4.78 is 68.9. The number of sulfone groups is 1. The number of methoxy groups -OCH3 is 1. The highest BCUT2D eigenvalue weighted by Crippen LogP contribution is 2.40. The molecule has 2 heterocycles. The van der Waals surface area contributed by atoms with Gasteiger partial charge in [0.05, 0.1) is 41.8 Å². The molecule has 0 saturated carbocycles. The molecule has 3 rings (SSSR count). The van der Waals surface area contributed by atoms with Crippen molar-refractivity contribution in [2.45, 2.75) is 31.6 Å². The third-order valence-electron chi connectivity index (χ3n) is 5.08. The van der Waals surface area contributed by atoms with Gasteiger partial charge in [-0.25, -0.2) is 18.0 Å². The molecule has 2 aliphatic heterocycles. The molecular weight excluding hydrogens is 413 g/mol. The van der Waals surface area contributed by atoms with Crippen molar-refractivity contribution in [3.8, 4) is 0 Å². The molecular formula is C18H19F3N2O5S. The van der Waals surface area contributed by atoms with E-state index in [0.29, 0.717) is 0 Å². The Morgan fingerprint density at radius 2 is 1.93 bits per heavy atom. The zero-order valence-electron chi connectivity index (χ0n) is 15.6. The molecule has 0 spiro atoms. The molecule has 2 amide bonds. The first kappa shape index (κ1) is 21.2. The number of rotatable bonds is 3. The van der Waals surface area contributed by atoms with Crippen LogP contribution >= 0.6 is 0 Å². The van der Waals surface area contributed by atoms with Crippen molar-refractivity contribution in [3.05, 3.63) is 46.7 Å². The Labute approximate surface area is 165 Å². The number of amides is 2. The Bertz CT molecular complexity index is 987. The zero-order valence-corrected chi connectivity index (χ0v) is 16.4. The van der Waals surface area contributed by atoms with Gasteiger partial charge in [0, 0.05) is 5.70 Å². The van der Waals surface area contributed by atoms with E-state index in [2.05, 4.69) is 5.32 Å². The van der Waals surface area contributed by atoms with Gasteiger partial charge in [0.15, 0.2) is 9.84 Å². The fraction of sp³-hybridized carbons (Fsp3) is 0.444. The first-order valence-corrected chi connectivity index (χ1v) is 10.5. The van der Waals surface area contributed by atoms with Gasteiger partial charge in [0.1, 0.15) is 0 Å². The summed E-state index contributed by atoms with van der Waals surface area (Å²) in [6.45, 7) is 1.40. The van der Waals surface area contributed by atoms with E-state index in [4.69, 9.17) is 4.74 Å². The number of alkyl halides is 3. The van der Waals surface area contributed by atoms with E-state index in [-0.39, 0.29) is 34.8 Å². The van der Waals surface area contributed by atoms with Gasteiger partial charge in [-0.3, -0.25) is 4.90 Å². The quantitative estimate of drug-likeness (QED) is 0.741. The number of ether oxygens (including phenoxy) is 1. The van der Waals surface area contributed by atoms with Crippen molar-refractivity contribution < 1.29 is 35.9 Å². The number of esters is 1. The van der Waals surface area contributed by atoms with Crippen molar-refractivity contribution in [1.29, 1.82) is 0 Å². The van der Waals surface area contributed by atoms with E-state index in [1.807, 2.05) is 0 Å². The molecule has 1 saturated heterocycles. The molecule has 2 atom stereocenters. The third kappa shape index (κ3) is 3.96. The second kappa shape index (κ2) is 7.36. The number of hydrogen-bond acceptors (Lipinski definition) is 5. The van der Waals surface area contributed by atoms with Gasteiger partial charge in [-0.05, 0) is 25.0 Å². The molecule has 7 nitrogen and oxygen atoms in total. The normalized spacial score (nSPS) is 24.4. The summed E-state index contributed by atoms with van der Waals surface area (Å²) in [5, 5.41) is 2.43. The lowest BCUT2D eigenvalue weighted by Crippen LogP contribution is -2.52. The van der Waals surface area contributed by atoms with Crippen LogP contribution in [0.4, 0.5) is 18.0 Å². The maximum atomic E-state index is 13.5. The topological polar surface area (TPSA) is 92.8 Å². The van der Waals surface area contributed by atoms with Crippen LogP contribution in [0.25, 0.3) is 0 Å². The minimum absolute atomic E-state index is 0.0738. The second-order valence-corrected chi connectivity index (χ2v) is 9.11. The SMILES string of the molecule is COC(=O)C1=C(C)N([C@@H]2CCS(=O)(=O)C2)C(=O)N[C@H]1c1ccccc1C(F)(F)F. The van der Waals surface area contributed by atoms with Crippen LogP contribution < -0.4 is 5.32 Å². The first-order chi connectivity index (χ1) is 13.5. The molecule has 1 aromatic carbocycles. The lowest BCUT2D eigenvalue weighted by atomic mass is 9.90. The molecule has 11 heteroatoms. The minimum atomic E-state index is -4.70. The number of hydrogen-bond donors (Lipinski definition) is 1. The van der Waals surface area contributed by atoms with Crippen LogP contribution in [0.5, 0.6) is 0 Å². The Hall–Kier alpha value is -2.56. The van der Waals surface area contributed by atoms with E-state index in [1.54, 1.807) is 0 Å². The van der Waals surface area contributed by atoms with Crippen molar-refractivity contribution in [2.24, 2.45) is 0 Å². The number of urea groups is 1. The van der Waals surface area contributed by atoms with Crippen molar-refractivity contribution in [2.75, 3.05) is 18.6 Å². The highest BCUT2D eigenvalue weighted by atomic mass is 32.2. The number of benzene rings is 1. The molecule has 0 bridgehead atoms. The summed E-state index contributed by atoms with van der Waals surface area (Å²) >= 11 is 0. The number of carbonyl (C=O) groups excluding carboxylic acids is 2. The Morgan fingerprint density at radius 1 is 1.28 bits per heavy atom. The molecule has 0 unspecified atom stereocenters. The van der Waals surface area contributed by atoms with Gasteiger partial charge in [-0.15, -0.1) is 0 Å². The highest BCUT2D eigenvalue weighted by molar-refractivity contribution is 7.91. The molecule has 158 valence electrons. The number of nitrogens with one attached hydrogen (secondary N) is 1. The van der Waals surface area contributed by atoms with Gasteiger partial charge in [-0.2, -0.15) is 13.2 Å². The molecule has 0 radical (unpaired) electrons. The van der Waals surface area contributed by atoms with Crippen LogP contribution in [0.2, 0.25) is 0 Å². The Kier molecular flexibility index (Phi) is 5.37. The third-order valence-corrected chi connectivity index (χ3v) is 6.83. The fourth-order valence-electron chi connectivity index (χ4n) is 3.79. The van der Waals surface area contributed by atoms with Gasteiger partial charge < -0.3 is 10.1 Å². The summed E-state index contributed by atoms with van der Waals surface area (Å²) in [5.41, 5.74) is -1.39. The number of allylic oxidation sites excluding steroid dienone is 1. The van der Waals surface area contributed by atoms with Gasteiger partial charge >= 0.3 is 18.2 Å². The number of nitrogens with zero attached hydrogens (tertiary/aromatic N) is 1. The smallest absolute Gasteiger partial charge is 0.416 e. The molecule has 2 aliphatic rings. The molecule has 0 aromatic heterocycles. The van der Waals surface area contributed by atoms with E-state index < -0.39 is 45.7 Å². The lowest BCUT2D eigenvalue weighted by molar-refractivity contribution is -0.140. The predicted molar refractivity (Wildman–Crippen MR) is 96.3 cm³/mol. The van der Waals surface area contributed by atoms with E-state index >= 15 is 0 Å². The summed E-state index contributed by atoms with van der Waals surface area (Å²) in [5.74, 6) is -1.30. The molecule has 1 N–H and O–H groups in total. The van der Waals surface area contributed by atoms with Gasteiger partial charge in [0.25, 0.3) is 0 Å². The monoisotopic (exact) mass is 432 g/mol. The van der Waals surface area contributed by atoms with Crippen molar-refractivity contribution in [3.63, 3.8) is 0 Å². The highest BCUT2D eigenvalue weighted by Gasteiger charge is 2.45. The molecule has 29 heavy (non-hydrogen) atoms. The van der Waals surface area contributed by atoms with E-state index in [1.165, 1.54) is 25.1 Å². The van der Waals surface area contributed by atoms with Crippen LogP contribution in [-0.4, -0.2) is 50.0 Å². The average molecular weight is 432 g/mol. The standard InChI is InChI=1S/C18H19F3N2O5S/c1-10-14(16(24)28-2)15(12-5-3-4-6-13(12)18(19,20)21)22-17(25)23(10)11-7-8-29(26,27)9-11/h3-6,11,15H,7-9H2,1-2H3,(H,22,25)/t11-,15+/m1/s1. The van der Waals surface area contributed by atoms with Crippen LogP contribution in [0.15, 0.2) is 35.5 Å². The van der Waals surface area contributed by atoms with Gasteiger partial charge in [0.2, 0.25) is 0 Å². The summed E-state index contributed by atoms with van der Waals surface area (Å²) in [6, 6.07) is 1.76. The van der Waals surface area contributed by atoms with Crippen LogP contribution in [0.1, 0.15) is 30.5 Å². The molecule has 0 aliphatic carbocycles. The fourth-order valence-corrected chi connectivity index (χ4v) is 5.49. The van der Waals surface area contributed by atoms with Crippen molar-refractivity contribution in [1.82, 2.24) is 10.2 Å². The maximum Gasteiger partial charge on any atom is 0.416 e. The lowest BCUT2D eigenvalue weighted by Gasteiger charge is -2.38. The molecule has 1 aromatic rings. The maximum absolute atomic E-state index is 13.5. The van der Waals surface area contributed by atoms with Gasteiger partial charge in [-0.1, -0.05) is 18.2 Å². The largest absolute Gasteiger partial charge is 0.466 e. The Morgan fingerprint density at radius 3 is 2.48 bits per heavy atom. The Balaban J connectivity index is 2.14.